The Kier molecular flexibility index (Phi) is 6.12. The zero-order chi connectivity index (χ0) is 22.5. The number of thioether (sulfide) groups is 1. The minimum Gasteiger partial charge on any atom is -0.497 e. The van der Waals surface area contributed by atoms with E-state index in [2.05, 4.69) is 25.4 Å². The smallest absolute Gasteiger partial charge is 0.226 e. The van der Waals surface area contributed by atoms with E-state index in [1.807, 2.05) is 71.3 Å². The molecule has 0 unspecified atom stereocenters. The molecule has 5 aromatic rings. The molecule has 0 amide bonds. The highest BCUT2D eigenvalue weighted by molar-refractivity contribution is 7.98. The van der Waals surface area contributed by atoms with Crippen molar-refractivity contribution >= 4 is 11.8 Å². The average Bonchev–Trinajstić information content (AvgIpc) is 3.51. The van der Waals surface area contributed by atoms with E-state index in [0.717, 1.165) is 33.5 Å². The highest BCUT2D eigenvalue weighted by Crippen LogP contribution is 2.30. The van der Waals surface area contributed by atoms with E-state index in [4.69, 9.17) is 9.15 Å². The van der Waals surface area contributed by atoms with E-state index < -0.39 is 0 Å². The van der Waals surface area contributed by atoms with Crippen LogP contribution in [0.15, 0.2) is 88.7 Å². The standard InChI is InChI=1S/C24H20N6O2S/c1-31-20-9-7-19(8-10-20)30-23(18-11-13-25-14-12-18)28-29-24(30)33-16-22-27-26-21(32-22)15-17-5-3-2-4-6-17/h2-14H,15-16H2,1H3. The summed E-state index contributed by atoms with van der Waals surface area (Å²) in [6.45, 7) is 0. The number of pyridine rings is 1. The van der Waals surface area contributed by atoms with Gasteiger partial charge in [0, 0.05) is 23.6 Å². The third kappa shape index (κ3) is 4.78. The molecule has 2 aromatic carbocycles. The monoisotopic (exact) mass is 456 g/mol. The number of hydrogen-bond acceptors (Lipinski definition) is 8. The van der Waals surface area contributed by atoms with Crippen molar-refractivity contribution in [2.75, 3.05) is 7.11 Å². The number of rotatable bonds is 8. The van der Waals surface area contributed by atoms with Gasteiger partial charge >= 0.3 is 0 Å². The Morgan fingerprint density at radius 2 is 1.61 bits per heavy atom. The maximum absolute atomic E-state index is 5.85. The molecule has 8 nitrogen and oxygen atoms in total. The van der Waals surface area contributed by atoms with Gasteiger partial charge in [-0.05, 0) is 42.0 Å². The van der Waals surface area contributed by atoms with Crippen molar-refractivity contribution < 1.29 is 9.15 Å². The molecule has 0 bridgehead atoms. The zero-order valence-electron chi connectivity index (χ0n) is 17.8. The maximum atomic E-state index is 5.85. The Labute approximate surface area is 194 Å². The molecule has 3 aromatic heterocycles. The largest absolute Gasteiger partial charge is 0.497 e. The van der Waals surface area contributed by atoms with Crippen molar-refractivity contribution in [1.82, 2.24) is 29.9 Å². The molecule has 0 spiro atoms. The second-order valence-electron chi connectivity index (χ2n) is 7.12. The summed E-state index contributed by atoms with van der Waals surface area (Å²) in [6, 6.07) is 21.6. The minimum absolute atomic E-state index is 0.479. The van der Waals surface area contributed by atoms with Crippen LogP contribution in [0.3, 0.4) is 0 Å². The van der Waals surface area contributed by atoms with E-state index >= 15 is 0 Å². The van der Waals surface area contributed by atoms with Gasteiger partial charge in [-0.3, -0.25) is 9.55 Å². The Balaban J connectivity index is 1.39. The molecule has 33 heavy (non-hydrogen) atoms. The van der Waals surface area contributed by atoms with Crippen molar-refractivity contribution in [2.45, 2.75) is 17.3 Å². The summed E-state index contributed by atoms with van der Waals surface area (Å²) in [5.74, 6) is 3.11. The van der Waals surface area contributed by atoms with Crippen LogP contribution in [0, 0.1) is 0 Å². The average molecular weight is 457 g/mol. The fourth-order valence-corrected chi connectivity index (χ4v) is 4.12. The summed E-state index contributed by atoms with van der Waals surface area (Å²) >= 11 is 1.49. The summed E-state index contributed by atoms with van der Waals surface area (Å²) in [5, 5.41) is 18.0. The number of methoxy groups -OCH3 is 1. The fourth-order valence-electron chi connectivity index (χ4n) is 3.33. The highest BCUT2D eigenvalue weighted by Gasteiger charge is 2.18. The minimum atomic E-state index is 0.479. The summed E-state index contributed by atoms with van der Waals surface area (Å²) in [5.41, 5.74) is 2.97. The van der Waals surface area contributed by atoms with E-state index in [1.54, 1.807) is 19.5 Å². The Hall–Kier alpha value is -3.98. The first-order valence-electron chi connectivity index (χ1n) is 10.3. The molecule has 0 N–H and O–H groups in total. The molecule has 0 atom stereocenters. The van der Waals surface area contributed by atoms with E-state index in [0.29, 0.717) is 24.0 Å². The third-order valence-electron chi connectivity index (χ3n) is 4.93. The predicted molar refractivity (Wildman–Crippen MR) is 124 cm³/mol. The molecule has 164 valence electrons. The van der Waals surface area contributed by atoms with E-state index in [1.165, 1.54) is 11.8 Å². The Morgan fingerprint density at radius 3 is 2.36 bits per heavy atom. The molecule has 0 aliphatic carbocycles. The molecule has 0 aliphatic rings. The molecule has 3 heterocycles. The molecule has 0 radical (unpaired) electrons. The second kappa shape index (κ2) is 9.66. The first kappa shape index (κ1) is 20.9. The van der Waals surface area contributed by atoms with Crippen LogP contribution in [-0.4, -0.2) is 37.1 Å². The third-order valence-corrected chi connectivity index (χ3v) is 5.85. The fraction of sp³-hybridized carbons (Fsp3) is 0.125. The van der Waals surface area contributed by atoms with Gasteiger partial charge in [-0.1, -0.05) is 42.1 Å². The van der Waals surface area contributed by atoms with Crippen molar-refractivity contribution in [1.29, 1.82) is 0 Å². The first-order valence-corrected chi connectivity index (χ1v) is 11.3. The number of hydrogen-bond donors (Lipinski definition) is 0. The summed E-state index contributed by atoms with van der Waals surface area (Å²) in [4.78, 5) is 4.10. The summed E-state index contributed by atoms with van der Waals surface area (Å²) in [6.07, 6.45) is 4.08. The predicted octanol–water partition coefficient (Wildman–Crippen LogP) is 4.60. The molecule has 5 rings (SSSR count). The molecular weight excluding hydrogens is 436 g/mol. The van der Waals surface area contributed by atoms with Gasteiger partial charge in [-0.25, -0.2) is 0 Å². The van der Waals surface area contributed by atoms with Crippen LogP contribution in [0.4, 0.5) is 0 Å². The maximum Gasteiger partial charge on any atom is 0.226 e. The molecule has 0 aliphatic heterocycles. The summed E-state index contributed by atoms with van der Waals surface area (Å²) in [7, 11) is 1.65. The van der Waals surface area contributed by atoms with Crippen LogP contribution in [0.25, 0.3) is 17.1 Å². The summed E-state index contributed by atoms with van der Waals surface area (Å²) < 4.78 is 13.2. The first-order chi connectivity index (χ1) is 16.3. The van der Waals surface area contributed by atoms with Gasteiger partial charge in [-0.15, -0.1) is 20.4 Å². The van der Waals surface area contributed by atoms with Crippen LogP contribution in [0.1, 0.15) is 17.3 Å². The van der Waals surface area contributed by atoms with Gasteiger partial charge in [0.05, 0.1) is 19.3 Å². The molecule has 0 saturated carbocycles. The lowest BCUT2D eigenvalue weighted by Gasteiger charge is -2.10. The van der Waals surface area contributed by atoms with Crippen LogP contribution < -0.4 is 4.74 Å². The quantitative estimate of drug-likeness (QED) is 0.313. The van der Waals surface area contributed by atoms with Crippen molar-refractivity contribution in [2.24, 2.45) is 0 Å². The van der Waals surface area contributed by atoms with Gasteiger partial charge in [0.2, 0.25) is 11.8 Å². The molecular formula is C24H20N6O2S. The van der Waals surface area contributed by atoms with Gasteiger partial charge in [0.1, 0.15) is 5.75 Å². The number of ether oxygens (including phenoxy) is 1. The second-order valence-corrected chi connectivity index (χ2v) is 8.06. The van der Waals surface area contributed by atoms with Crippen LogP contribution in [0.5, 0.6) is 5.75 Å². The lowest BCUT2D eigenvalue weighted by atomic mass is 10.2. The van der Waals surface area contributed by atoms with Gasteiger partial charge < -0.3 is 9.15 Å². The number of benzene rings is 2. The van der Waals surface area contributed by atoms with Crippen molar-refractivity contribution in [3.8, 4) is 22.8 Å². The van der Waals surface area contributed by atoms with Crippen molar-refractivity contribution in [3.05, 3.63) is 96.5 Å². The van der Waals surface area contributed by atoms with Crippen LogP contribution in [-0.2, 0) is 12.2 Å². The number of aromatic nitrogens is 6. The lowest BCUT2D eigenvalue weighted by Crippen LogP contribution is -2.00. The van der Waals surface area contributed by atoms with Gasteiger partial charge in [0.15, 0.2) is 11.0 Å². The normalized spacial score (nSPS) is 10.9. The molecule has 0 saturated heterocycles. The SMILES string of the molecule is COc1ccc(-n2c(SCc3nnc(Cc4ccccc4)o3)nnc2-c2ccncc2)cc1. The Morgan fingerprint density at radius 1 is 0.848 bits per heavy atom. The van der Waals surface area contributed by atoms with Crippen LogP contribution >= 0.6 is 11.8 Å². The highest BCUT2D eigenvalue weighted by atomic mass is 32.2. The van der Waals surface area contributed by atoms with E-state index in [-0.39, 0.29) is 0 Å². The topological polar surface area (TPSA) is 91.8 Å². The lowest BCUT2D eigenvalue weighted by molar-refractivity contribution is 0.414. The van der Waals surface area contributed by atoms with Crippen molar-refractivity contribution in [3.63, 3.8) is 0 Å². The number of nitrogens with zero attached hydrogens (tertiary/aromatic N) is 6. The van der Waals surface area contributed by atoms with E-state index in [9.17, 15) is 0 Å². The van der Waals surface area contributed by atoms with Crippen LogP contribution in [0.2, 0.25) is 0 Å². The Bertz CT molecular complexity index is 1320. The molecule has 9 heteroatoms. The molecule has 0 fully saturated rings. The van der Waals surface area contributed by atoms with Gasteiger partial charge in [0.25, 0.3) is 0 Å². The van der Waals surface area contributed by atoms with Gasteiger partial charge in [-0.2, -0.15) is 0 Å². The zero-order valence-corrected chi connectivity index (χ0v) is 18.6.